The van der Waals surface area contributed by atoms with E-state index in [0.29, 0.717) is 33.2 Å². The number of nitrogens with two attached hydrogens (primary N) is 1. The lowest BCUT2D eigenvalue weighted by Gasteiger charge is -2.12. The van der Waals surface area contributed by atoms with Gasteiger partial charge in [0.1, 0.15) is 5.82 Å². The highest BCUT2D eigenvalue weighted by Crippen LogP contribution is 2.33. The number of rotatable bonds is 3. The van der Waals surface area contributed by atoms with E-state index in [2.05, 4.69) is 46.4 Å². The minimum absolute atomic E-state index is 0.449. The van der Waals surface area contributed by atoms with Crippen LogP contribution < -0.4 is 5.73 Å². The van der Waals surface area contributed by atoms with Crippen molar-refractivity contribution in [1.29, 1.82) is 0 Å². The van der Waals surface area contributed by atoms with Gasteiger partial charge in [0.05, 0.1) is 19.3 Å². The van der Waals surface area contributed by atoms with Crippen LogP contribution in [0.5, 0.6) is 0 Å². The molecule has 0 saturated carbocycles. The molecule has 1 aromatic heterocycles. The summed E-state index contributed by atoms with van der Waals surface area (Å²) in [5.41, 5.74) is 7.63. The lowest BCUT2D eigenvalue weighted by atomic mass is 10.1. The van der Waals surface area contributed by atoms with Crippen LogP contribution in [-0.4, -0.2) is 9.97 Å². The number of hydrogen-bond acceptors (Lipinski definition) is 3. The zero-order valence-electron chi connectivity index (χ0n) is 11.1. The quantitative estimate of drug-likeness (QED) is 0.721. The fraction of sp³-hybridized carbons (Fsp3) is 0.286. The molecule has 0 amide bonds. The van der Waals surface area contributed by atoms with Gasteiger partial charge >= 0.3 is 0 Å². The Balaban J connectivity index is 2.57. The first-order valence-corrected chi connectivity index (χ1v) is 8.00. The number of benzene rings is 1. The average Bonchev–Trinajstić information content (AvgIpc) is 2.37. The van der Waals surface area contributed by atoms with E-state index in [1.165, 1.54) is 0 Å². The van der Waals surface area contributed by atoms with E-state index in [1.54, 1.807) is 6.07 Å². The number of nitrogens with zero attached hydrogens (tertiary/aromatic N) is 2. The van der Waals surface area contributed by atoms with Gasteiger partial charge in [-0.05, 0) is 47.1 Å². The molecule has 1 heterocycles. The van der Waals surface area contributed by atoms with Gasteiger partial charge < -0.3 is 5.73 Å². The van der Waals surface area contributed by atoms with Crippen LogP contribution in [0.3, 0.4) is 0 Å². The van der Waals surface area contributed by atoms with E-state index in [4.69, 9.17) is 28.9 Å². The van der Waals surface area contributed by atoms with Crippen LogP contribution in [0, 0.1) is 9.49 Å². The Hall–Kier alpha value is -0.590. The summed E-state index contributed by atoms with van der Waals surface area (Å²) >= 11 is 14.4. The Morgan fingerprint density at radius 1 is 1.25 bits per heavy atom. The summed E-state index contributed by atoms with van der Waals surface area (Å²) in [6.45, 7) is 4.28. The van der Waals surface area contributed by atoms with E-state index >= 15 is 0 Å². The number of halogens is 3. The Morgan fingerprint density at radius 3 is 2.60 bits per heavy atom. The van der Waals surface area contributed by atoms with Crippen molar-refractivity contribution in [2.45, 2.75) is 20.3 Å². The normalized spacial score (nSPS) is 11.1. The summed E-state index contributed by atoms with van der Waals surface area (Å²) in [6, 6.07) is 5.40. The molecule has 0 unspecified atom stereocenters. The van der Waals surface area contributed by atoms with Crippen molar-refractivity contribution in [3.8, 4) is 11.4 Å². The van der Waals surface area contributed by atoms with Gasteiger partial charge in [0.2, 0.25) is 0 Å². The Labute approximate surface area is 142 Å². The molecule has 0 atom stereocenters. The second-order valence-corrected chi connectivity index (χ2v) is 6.76. The van der Waals surface area contributed by atoms with Gasteiger partial charge in [0, 0.05) is 5.56 Å². The van der Waals surface area contributed by atoms with Crippen LogP contribution in [0.1, 0.15) is 19.5 Å². The second kappa shape index (κ2) is 6.45. The SMILES string of the molecule is CC(C)Cc1nc(-c2cccc(Cl)c2Cl)nc(N)c1I. The molecule has 0 aliphatic heterocycles. The highest BCUT2D eigenvalue weighted by molar-refractivity contribution is 14.1. The van der Waals surface area contributed by atoms with Crippen molar-refractivity contribution in [3.63, 3.8) is 0 Å². The summed E-state index contributed by atoms with van der Waals surface area (Å²) in [5.74, 6) is 1.48. The van der Waals surface area contributed by atoms with E-state index in [0.717, 1.165) is 15.7 Å². The van der Waals surface area contributed by atoms with Gasteiger partial charge in [-0.1, -0.05) is 43.1 Å². The minimum atomic E-state index is 0.449. The number of hydrogen-bond donors (Lipinski definition) is 1. The molecular weight excluding hydrogens is 408 g/mol. The third-order valence-corrected chi connectivity index (χ3v) is 4.73. The molecule has 2 N–H and O–H groups in total. The zero-order chi connectivity index (χ0) is 14.9. The van der Waals surface area contributed by atoms with Crippen LogP contribution in [-0.2, 0) is 6.42 Å². The van der Waals surface area contributed by atoms with Crippen molar-refractivity contribution < 1.29 is 0 Å². The Bertz CT molecular complexity index is 645. The van der Waals surface area contributed by atoms with Crippen LogP contribution in [0.25, 0.3) is 11.4 Å². The lowest BCUT2D eigenvalue weighted by molar-refractivity contribution is 0.632. The van der Waals surface area contributed by atoms with Crippen molar-refractivity contribution in [3.05, 3.63) is 37.5 Å². The monoisotopic (exact) mass is 421 g/mol. The molecule has 2 rings (SSSR count). The zero-order valence-corrected chi connectivity index (χ0v) is 14.8. The molecular formula is C14H14Cl2IN3. The van der Waals surface area contributed by atoms with Crippen LogP contribution in [0.15, 0.2) is 18.2 Å². The molecule has 3 nitrogen and oxygen atoms in total. The van der Waals surface area contributed by atoms with Crippen LogP contribution in [0.4, 0.5) is 5.82 Å². The van der Waals surface area contributed by atoms with Gasteiger partial charge in [-0.25, -0.2) is 9.97 Å². The first-order chi connectivity index (χ1) is 9.40. The first kappa shape index (κ1) is 15.8. The maximum Gasteiger partial charge on any atom is 0.163 e. The van der Waals surface area contributed by atoms with Gasteiger partial charge in [-0.3, -0.25) is 0 Å². The fourth-order valence-corrected chi connectivity index (χ4v) is 2.68. The summed E-state index contributed by atoms with van der Waals surface area (Å²) < 4.78 is 0.901. The molecule has 6 heteroatoms. The number of anilines is 1. The predicted octanol–water partition coefficient (Wildman–Crippen LogP) is 4.84. The molecule has 0 aliphatic carbocycles. The van der Waals surface area contributed by atoms with Gasteiger partial charge in [0.25, 0.3) is 0 Å². The Morgan fingerprint density at radius 2 is 1.95 bits per heavy atom. The topological polar surface area (TPSA) is 51.8 Å². The summed E-state index contributed by atoms with van der Waals surface area (Å²) in [6.07, 6.45) is 0.843. The lowest BCUT2D eigenvalue weighted by Crippen LogP contribution is -2.07. The maximum atomic E-state index is 6.22. The van der Waals surface area contributed by atoms with E-state index < -0.39 is 0 Å². The van der Waals surface area contributed by atoms with Crippen LogP contribution in [0.2, 0.25) is 10.0 Å². The van der Waals surface area contributed by atoms with E-state index in [9.17, 15) is 0 Å². The maximum absolute atomic E-state index is 6.22. The van der Waals surface area contributed by atoms with Crippen molar-refractivity contribution in [1.82, 2.24) is 9.97 Å². The highest BCUT2D eigenvalue weighted by atomic mass is 127. The molecule has 0 spiro atoms. The van der Waals surface area contributed by atoms with Crippen molar-refractivity contribution >= 4 is 51.6 Å². The van der Waals surface area contributed by atoms with Crippen LogP contribution >= 0.6 is 45.8 Å². The average molecular weight is 422 g/mol. The third-order valence-electron chi connectivity index (χ3n) is 2.74. The summed E-state index contributed by atoms with van der Waals surface area (Å²) in [4.78, 5) is 8.93. The molecule has 0 bridgehead atoms. The number of aromatic nitrogens is 2. The molecule has 1 aromatic carbocycles. The van der Waals surface area contributed by atoms with Crippen molar-refractivity contribution in [2.75, 3.05) is 5.73 Å². The molecule has 0 fully saturated rings. The molecule has 0 aliphatic rings. The first-order valence-electron chi connectivity index (χ1n) is 6.16. The van der Waals surface area contributed by atoms with Gasteiger partial charge in [-0.15, -0.1) is 0 Å². The second-order valence-electron chi connectivity index (χ2n) is 4.89. The smallest absolute Gasteiger partial charge is 0.163 e. The molecule has 2 aromatic rings. The highest BCUT2D eigenvalue weighted by Gasteiger charge is 2.15. The molecule has 20 heavy (non-hydrogen) atoms. The van der Waals surface area contributed by atoms with Crippen molar-refractivity contribution in [2.24, 2.45) is 5.92 Å². The largest absolute Gasteiger partial charge is 0.383 e. The molecule has 106 valence electrons. The van der Waals surface area contributed by atoms with Gasteiger partial charge in [-0.2, -0.15) is 0 Å². The fourth-order valence-electron chi connectivity index (χ4n) is 1.83. The molecule has 0 saturated heterocycles. The summed E-state index contributed by atoms with van der Waals surface area (Å²) in [7, 11) is 0. The number of nitrogen functional groups attached to an aromatic ring is 1. The molecule has 0 radical (unpaired) electrons. The minimum Gasteiger partial charge on any atom is -0.383 e. The standard InChI is InChI=1S/C14H14Cl2IN3/c1-7(2)6-10-12(17)13(18)20-14(19-10)8-4-3-5-9(15)11(8)16/h3-5,7H,6H2,1-2H3,(H2,18,19,20). The van der Waals surface area contributed by atoms with Gasteiger partial charge in [0.15, 0.2) is 5.82 Å². The Kier molecular flexibility index (Phi) is 5.09. The van der Waals surface area contributed by atoms with E-state index in [-0.39, 0.29) is 0 Å². The van der Waals surface area contributed by atoms with E-state index in [1.807, 2.05) is 12.1 Å². The predicted molar refractivity (Wildman–Crippen MR) is 93.2 cm³/mol. The summed E-state index contributed by atoms with van der Waals surface area (Å²) in [5, 5.41) is 0.931. The third kappa shape index (κ3) is 3.35.